The molecule has 0 aromatic rings. The van der Waals surface area contributed by atoms with Crippen LogP contribution in [0.3, 0.4) is 0 Å². The number of hydrogen-bond acceptors (Lipinski definition) is 3. The number of methoxy groups -OCH3 is 1. The molecule has 0 aromatic heterocycles. The maximum absolute atomic E-state index is 8.49. The molecule has 0 aliphatic rings. The number of nitriles is 1. The van der Waals surface area contributed by atoms with E-state index in [-0.39, 0.29) is 11.5 Å². The van der Waals surface area contributed by atoms with Gasteiger partial charge in [0.05, 0.1) is 12.2 Å². The fourth-order valence-corrected chi connectivity index (χ4v) is 1.18. The molecule has 1 unspecified atom stereocenters. The van der Waals surface area contributed by atoms with Gasteiger partial charge in [0.15, 0.2) is 0 Å². The highest BCUT2D eigenvalue weighted by Gasteiger charge is 2.16. The molecule has 0 aromatic carbocycles. The summed E-state index contributed by atoms with van der Waals surface area (Å²) >= 11 is 0. The van der Waals surface area contributed by atoms with Gasteiger partial charge in [-0.25, -0.2) is 0 Å². The Morgan fingerprint density at radius 3 is 2.64 bits per heavy atom. The lowest BCUT2D eigenvalue weighted by Gasteiger charge is -2.24. The molecule has 14 heavy (non-hydrogen) atoms. The van der Waals surface area contributed by atoms with E-state index in [0.29, 0.717) is 6.42 Å². The van der Waals surface area contributed by atoms with E-state index in [4.69, 9.17) is 10.00 Å². The van der Waals surface area contributed by atoms with Crippen LogP contribution in [0.15, 0.2) is 0 Å². The Balaban J connectivity index is 3.60. The van der Waals surface area contributed by atoms with E-state index in [0.717, 1.165) is 19.5 Å². The molecule has 0 aliphatic carbocycles. The zero-order valence-corrected chi connectivity index (χ0v) is 9.76. The fourth-order valence-electron chi connectivity index (χ4n) is 1.18. The minimum atomic E-state index is 0.198. The molecule has 0 aliphatic heterocycles. The predicted octanol–water partition coefficient (Wildman–Crippen LogP) is 1.94. The Morgan fingerprint density at radius 2 is 2.14 bits per heavy atom. The van der Waals surface area contributed by atoms with Crippen molar-refractivity contribution in [3.63, 3.8) is 0 Å². The van der Waals surface area contributed by atoms with Crippen molar-refractivity contribution in [3.05, 3.63) is 0 Å². The van der Waals surface area contributed by atoms with E-state index in [1.165, 1.54) is 0 Å². The normalized spacial score (nSPS) is 13.6. The number of nitrogens with one attached hydrogen (secondary N) is 1. The molecule has 0 amide bonds. The summed E-state index contributed by atoms with van der Waals surface area (Å²) in [4.78, 5) is 0. The molecule has 3 heteroatoms. The lowest BCUT2D eigenvalue weighted by molar-refractivity contribution is 0.114. The van der Waals surface area contributed by atoms with Gasteiger partial charge in [-0.15, -0.1) is 0 Å². The third-order valence-electron chi connectivity index (χ3n) is 2.35. The van der Waals surface area contributed by atoms with Crippen LogP contribution in [0.2, 0.25) is 0 Å². The van der Waals surface area contributed by atoms with Crippen LogP contribution in [0.4, 0.5) is 0 Å². The van der Waals surface area contributed by atoms with Gasteiger partial charge in [0.2, 0.25) is 0 Å². The van der Waals surface area contributed by atoms with Crippen molar-refractivity contribution < 1.29 is 4.74 Å². The molecule has 0 saturated heterocycles. The van der Waals surface area contributed by atoms with E-state index in [9.17, 15) is 0 Å². The van der Waals surface area contributed by atoms with E-state index in [1.54, 1.807) is 7.11 Å². The number of hydrogen-bond donors (Lipinski definition) is 1. The largest absolute Gasteiger partial charge is 0.380 e. The molecule has 82 valence electrons. The van der Waals surface area contributed by atoms with Crippen molar-refractivity contribution in [2.75, 3.05) is 20.2 Å². The van der Waals surface area contributed by atoms with Crippen LogP contribution in [-0.2, 0) is 4.74 Å². The van der Waals surface area contributed by atoms with E-state index in [1.807, 2.05) is 6.92 Å². The zero-order chi connectivity index (χ0) is 11.0. The molecule has 0 fully saturated rings. The second-order valence-electron chi connectivity index (χ2n) is 4.50. The average molecular weight is 198 g/mol. The number of rotatable bonds is 7. The molecule has 1 N–H and O–H groups in total. The highest BCUT2D eigenvalue weighted by molar-refractivity contribution is 4.78. The Hall–Kier alpha value is -0.590. The van der Waals surface area contributed by atoms with Crippen molar-refractivity contribution in [2.24, 2.45) is 5.41 Å². The summed E-state index contributed by atoms with van der Waals surface area (Å²) in [5.74, 6) is 0. The van der Waals surface area contributed by atoms with Crippen molar-refractivity contribution in [1.82, 2.24) is 5.32 Å². The Bertz CT molecular complexity index is 184. The number of ether oxygens (including phenoxy) is 1. The minimum absolute atomic E-state index is 0.198. The summed E-state index contributed by atoms with van der Waals surface area (Å²) in [5.41, 5.74) is 0.198. The van der Waals surface area contributed by atoms with Crippen molar-refractivity contribution in [3.8, 4) is 6.07 Å². The summed E-state index contributed by atoms with van der Waals surface area (Å²) in [5, 5.41) is 11.8. The Kier molecular flexibility index (Phi) is 6.52. The highest BCUT2D eigenvalue weighted by Crippen LogP contribution is 2.20. The molecule has 0 rings (SSSR count). The van der Waals surface area contributed by atoms with Gasteiger partial charge in [-0.3, -0.25) is 0 Å². The first-order chi connectivity index (χ1) is 6.52. The summed E-state index contributed by atoms with van der Waals surface area (Å²) < 4.78 is 5.13. The third-order valence-corrected chi connectivity index (χ3v) is 2.35. The summed E-state index contributed by atoms with van der Waals surface area (Å²) in [6.45, 7) is 8.19. The summed E-state index contributed by atoms with van der Waals surface area (Å²) in [7, 11) is 1.72. The molecule has 0 radical (unpaired) electrons. The summed E-state index contributed by atoms with van der Waals surface area (Å²) in [6.07, 6.45) is 1.83. The maximum Gasteiger partial charge on any atom is 0.0667 e. The van der Waals surface area contributed by atoms with E-state index in [2.05, 4.69) is 25.2 Å². The predicted molar refractivity (Wildman–Crippen MR) is 58.0 cm³/mol. The standard InChI is InChI=1S/C11H22N2O/c1-10(14-4)8-13-9-11(2,3)6-5-7-12/h10,13H,5-6,8-9H2,1-4H3. The van der Waals surface area contributed by atoms with Gasteiger partial charge < -0.3 is 10.1 Å². The van der Waals surface area contributed by atoms with E-state index < -0.39 is 0 Å². The first-order valence-corrected chi connectivity index (χ1v) is 5.12. The molecular formula is C11H22N2O. The van der Waals surface area contributed by atoms with Gasteiger partial charge >= 0.3 is 0 Å². The maximum atomic E-state index is 8.49. The van der Waals surface area contributed by atoms with Crippen molar-refractivity contribution >= 4 is 0 Å². The zero-order valence-electron chi connectivity index (χ0n) is 9.76. The Morgan fingerprint density at radius 1 is 1.50 bits per heavy atom. The SMILES string of the molecule is COC(C)CNCC(C)(C)CCC#N. The lowest BCUT2D eigenvalue weighted by Crippen LogP contribution is -2.34. The van der Waals surface area contributed by atoms with Crippen LogP contribution < -0.4 is 5.32 Å². The van der Waals surface area contributed by atoms with Crippen molar-refractivity contribution in [1.29, 1.82) is 5.26 Å². The molecular weight excluding hydrogens is 176 g/mol. The van der Waals surface area contributed by atoms with Crippen LogP contribution in [0, 0.1) is 16.7 Å². The van der Waals surface area contributed by atoms with Gasteiger partial charge in [-0.2, -0.15) is 5.26 Å². The topological polar surface area (TPSA) is 45.0 Å². The average Bonchev–Trinajstić information content (AvgIpc) is 2.14. The second kappa shape index (κ2) is 6.80. The molecule has 1 atom stereocenters. The van der Waals surface area contributed by atoms with Gasteiger partial charge in [0, 0.05) is 26.6 Å². The Labute approximate surface area is 87.4 Å². The van der Waals surface area contributed by atoms with Gasteiger partial charge in [-0.05, 0) is 18.8 Å². The molecule has 0 heterocycles. The fraction of sp³-hybridized carbons (Fsp3) is 0.909. The van der Waals surface area contributed by atoms with Gasteiger partial charge in [-0.1, -0.05) is 13.8 Å². The summed E-state index contributed by atoms with van der Waals surface area (Å²) in [6, 6.07) is 2.18. The molecule has 0 spiro atoms. The first-order valence-electron chi connectivity index (χ1n) is 5.12. The molecule has 0 saturated carbocycles. The monoisotopic (exact) mass is 198 g/mol. The van der Waals surface area contributed by atoms with Crippen LogP contribution >= 0.6 is 0 Å². The van der Waals surface area contributed by atoms with Crippen LogP contribution in [0.1, 0.15) is 33.6 Å². The van der Waals surface area contributed by atoms with E-state index >= 15 is 0 Å². The lowest BCUT2D eigenvalue weighted by atomic mass is 9.88. The van der Waals surface area contributed by atoms with Crippen LogP contribution in [-0.4, -0.2) is 26.3 Å². The molecule has 0 bridgehead atoms. The first kappa shape index (κ1) is 13.4. The molecule has 3 nitrogen and oxygen atoms in total. The van der Waals surface area contributed by atoms with Crippen LogP contribution in [0.25, 0.3) is 0 Å². The smallest absolute Gasteiger partial charge is 0.0667 e. The van der Waals surface area contributed by atoms with Gasteiger partial charge in [0.25, 0.3) is 0 Å². The second-order valence-corrected chi connectivity index (χ2v) is 4.50. The highest BCUT2D eigenvalue weighted by atomic mass is 16.5. The number of nitrogens with zero attached hydrogens (tertiary/aromatic N) is 1. The minimum Gasteiger partial charge on any atom is -0.380 e. The third kappa shape index (κ3) is 6.88. The van der Waals surface area contributed by atoms with Crippen LogP contribution in [0.5, 0.6) is 0 Å². The van der Waals surface area contributed by atoms with Gasteiger partial charge in [0.1, 0.15) is 0 Å². The quantitative estimate of drug-likeness (QED) is 0.680. The van der Waals surface area contributed by atoms with Crippen molar-refractivity contribution in [2.45, 2.75) is 39.7 Å².